The van der Waals surface area contributed by atoms with Crippen molar-refractivity contribution in [2.45, 2.75) is 52.2 Å². The average molecular weight is 258 g/mol. The van der Waals surface area contributed by atoms with Crippen LogP contribution in [0.5, 0.6) is 0 Å². The first-order valence-electron chi connectivity index (χ1n) is 6.90. The van der Waals surface area contributed by atoms with E-state index in [0.29, 0.717) is 24.6 Å². The summed E-state index contributed by atoms with van der Waals surface area (Å²) in [4.78, 5) is 0. The summed E-state index contributed by atoms with van der Waals surface area (Å²) in [6.45, 7) is 8.76. The summed E-state index contributed by atoms with van der Waals surface area (Å²) in [5.41, 5.74) is 6.72. The Morgan fingerprint density at radius 1 is 1.39 bits per heavy atom. The second-order valence-electron chi connectivity index (χ2n) is 7.06. The predicted octanol–water partition coefficient (Wildman–Crippen LogP) is 1.13. The van der Waals surface area contributed by atoms with Crippen LogP contribution in [0, 0.1) is 10.8 Å². The molecule has 4 N–H and O–H groups in total. The van der Waals surface area contributed by atoms with Crippen molar-refractivity contribution >= 4 is 0 Å². The molecule has 108 valence electrons. The first-order valence-corrected chi connectivity index (χ1v) is 6.90. The highest BCUT2D eigenvalue weighted by molar-refractivity contribution is 4.94. The van der Waals surface area contributed by atoms with Gasteiger partial charge in [-0.2, -0.15) is 0 Å². The number of nitrogens with two attached hydrogens (primary N) is 1. The highest BCUT2D eigenvalue weighted by atomic mass is 16.5. The Hall–Kier alpha value is -0.160. The van der Waals surface area contributed by atoms with Crippen LogP contribution in [-0.2, 0) is 4.74 Å². The van der Waals surface area contributed by atoms with Crippen LogP contribution in [0.2, 0.25) is 0 Å². The van der Waals surface area contributed by atoms with Gasteiger partial charge in [0.1, 0.15) is 0 Å². The lowest BCUT2D eigenvalue weighted by Gasteiger charge is -2.46. The van der Waals surface area contributed by atoms with Crippen LogP contribution in [0.3, 0.4) is 0 Å². The van der Waals surface area contributed by atoms with Gasteiger partial charge in [-0.05, 0) is 30.1 Å². The smallest absolute Gasteiger partial charge is 0.0897 e. The maximum Gasteiger partial charge on any atom is 0.0897 e. The van der Waals surface area contributed by atoms with Gasteiger partial charge in [-0.15, -0.1) is 0 Å². The number of ether oxygens (including phenoxy) is 1. The van der Waals surface area contributed by atoms with Gasteiger partial charge in [0, 0.05) is 26.2 Å². The second kappa shape index (κ2) is 6.33. The van der Waals surface area contributed by atoms with E-state index in [2.05, 4.69) is 26.1 Å². The van der Waals surface area contributed by atoms with E-state index in [1.165, 1.54) is 6.42 Å². The Morgan fingerprint density at radius 2 is 2.06 bits per heavy atom. The molecule has 1 rings (SSSR count). The first-order chi connectivity index (χ1) is 8.26. The number of methoxy groups -OCH3 is 1. The van der Waals surface area contributed by atoms with Crippen LogP contribution in [0.25, 0.3) is 0 Å². The van der Waals surface area contributed by atoms with E-state index in [4.69, 9.17) is 10.5 Å². The molecule has 0 amide bonds. The largest absolute Gasteiger partial charge is 0.389 e. The summed E-state index contributed by atoms with van der Waals surface area (Å²) < 4.78 is 4.91. The minimum Gasteiger partial charge on any atom is -0.389 e. The summed E-state index contributed by atoms with van der Waals surface area (Å²) in [6.07, 6.45) is 2.92. The molecule has 1 aliphatic rings. The molecule has 1 aliphatic carbocycles. The van der Waals surface area contributed by atoms with Gasteiger partial charge in [0.15, 0.2) is 0 Å². The summed E-state index contributed by atoms with van der Waals surface area (Å²) in [6, 6.07) is 0.296. The number of rotatable bonds is 6. The minimum atomic E-state index is -0.427. The standard InChI is InChI=1S/C14H30N2O2/c1-13(2)5-11(15)6-14(3,9-13)10-16-7-12(17)8-18-4/h11-12,16-17H,5-10,15H2,1-4H3/t11?,12?,14-/m1/s1. The van der Waals surface area contributed by atoms with Gasteiger partial charge in [-0.1, -0.05) is 20.8 Å². The molecular weight excluding hydrogens is 228 g/mol. The Bertz CT molecular complexity index is 258. The summed E-state index contributed by atoms with van der Waals surface area (Å²) in [7, 11) is 1.60. The topological polar surface area (TPSA) is 67.5 Å². The minimum absolute atomic E-state index is 0.230. The van der Waals surface area contributed by atoms with Gasteiger partial charge in [-0.25, -0.2) is 0 Å². The summed E-state index contributed by atoms with van der Waals surface area (Å²) in [5.74, 6) is 0. The van der Waals surface area contributed by atoms with Crippen molar-refractivity contribution in [3.05, 3.63) is 0 Å². The van der Waals surface area contributed by atoms with Gasteiger partial charge < -0.3 is 20.9 Å². The fourth-order valence-electron chi connectivity index (χ4n) is 3.64. The third-order valence-electron chi connectivity index (χ3n) is 3.77. The molecule has 0 bridgehead atoms. The van der Waals surface area contributed by atoms with E-state index < -0.39 is 6.10 Å². The molecule has 0 aromatic rings. The van der Waals surface area contributed by atoms with E-state index in [9.17, 15) is 5.11 Å². The molecule has 0 aliphatic heterocycles. The van der Waals surface area contributed by atoms with Gasteiger partial charge in [0.05, 0.1) is 12.7 Å². The van der Waals surface area contributed by atoms with Crippen LogP contribution >= 0.6 is 0 Å². The zero-order valence-corrected chi connectivity index (χ0v) is 12.3. The van der Waals surface area contributed by atoms with Crippen LogP contribution < -0.4 is 11.1 Å². The lowest BCUT2D eigenvalue weighted by molar-refractivity contribution is 0.0531. The van der Waals surface area contributed by atoms with Gasteiger partial charge in [0.25, 0.3) is 0 Å². The summed E-state index contributed by atoms with van der Waals surface area (Å²) >= 11 is 0. The zero-order valence-electron chi connectivity index (χ0n) is 12.3. The Morgan fingerprint density at radius 3 is 2.61 bits per heavy atom. The van der Waals surface area contributed by atoms with Crippen molar-refractivity contribution in [3.8, 4) is 0 Å². The van der Waals surface area contributed by atoms with Gasteiger partial charge in [-0.3, -0.25) is 0 Å². The highest BCUT2D eigenvalue weighted by Gasteiger charge is 2.39. The van der Waals surface area contributed by atoms with Gasteiger partial charge >= 0.3 is 0 Å². The van der Waals surface area contributed by atoms with Gasteiger partial charge in [0.2, 0.25) is 0 Å². The summed E-state index contributed by atoms with van der Waals surface area (Å²) in [5, 5.41) is 13.0. The molecule has 0 heterocycles. The van der Waals surface area contributed by atoms with E-state index in [1.807, 2.05) is 0 Å². The molecule has 0 saturated heterocycles. The van der Waals surface area contributed by atoms with Crippen molar-refractivity contribution < 1.29 is 9.84 Å². The van der Waals surface area contributed by atoms with Crippen LogP contribution in [0.4, 0.5) is 0 Å². The highest BCUT2D eigenvalue weighted by Crippen LogP contribution is 2.45. The fraction of sp³-hybridized carbons (Fsp3) is 1.00. The van der Waals surface area contributed by atoms with Crippen LogP contribution in [-0.4, -0.2) is 44.1 Å². The third-order valence-corrected chi connectivity index (χ3v) is 3.77. The van der Waals surface area contributed by atoms with Crippen molar-refractivity contribution in [2.24, 2.45) is 16.6 Å². The molecule has 18 heavy (non-hydrogen) atoms. The first kappa shape index (κ1) is 15.9. The maximum atomic E-state index is 9.61. The lowest BCUT2D eigenvalue weighted by Crippen LogP contribution is -2.47. The van der Waals surface area contributed by atoms with E-state index >= 15 is 0 Å². The molecule has 4 nitrogen and oxygen atoms in total. The van der Waals surface area contributed by atoms with E-state index in [0.717, 1.165) is 19.4 Å². The second-order valence-corrected chi connectivity index (χ2v) is 7.06. The molecule has 3 atom stereocenters. The molecular formula is C14H30N2O2. The number of aliphatic hydroxyl groups excluding tert-OH is 1. The number of aliphatic hydroxyl groups is 1. The average Bonchev–Trinajstić information content (AvgIpc) is 2.12. The fourth-order valence-corrected chi connectivity index (χ4v) is 3.64. The van der Waals surface area contributed by atoms with Crippen molar-refractivity contribution in [1.29, 1.82) is 0 Å². The Kier molecular flexibility index (Phi) is 5.59. The van der Waals surface area contributed by atoms with E-state index in [-0.39, 0.29) is 5.41 Å². The zero-order chi connectivity index (χ0) is 13.8. The van der Waals surface area contributed by atoms with Crippen molar-refractivity contribution in [2.75, 3.05) is 26.8 Å². The molecule has 0 spiro atoms. The quantitative estimate of drug-likeness (QED) is 0.668. The molecule has 2 unspecified atom stereocenters. The Labute approximate surface area is 111 Å². The molecule has 1 saturated carbocycles. The predicted molar refractivity (Wildman–Crippen MR) is 74.5 cm³/mol. The van der Waals surface area contributed by atoms with Crippen molar-refractivity contribution in [3.63, 3.8) is 0 Å². The molecule has 0 radical (unpaired) electrons. The molecule has 4 heteroatoms. The molecule has 0 aromatic carbocycles. The van der Waals surface area contributed by atoms with Crippen LogP contribution in [0.15, 0.2) is 0 Å². The lowest BCUT2D eigenvalue weighted by atomic mass is 9.63. The SMILES string of the molecule is COCC(O)CNC[C@]1(C)CC(N)CC(C)(C)C1. The normalized spacial score (nSPS) is 33.3. The van der Waals surface area contributed by atoms with E-state index in [1.54, 1.807) is 7.11 Å². The molecule has 1 fully saturated rings. The van der Waals surface area contributed by atoms with Crippen molar-refractivity contribution in [1.82, 2.24) is 5.32 Å². The number of hydrogen-bond donors (Lipinski definition) is 3. The Balaban J connectivity index is 2.39. The number of nitrogens with one attached hydrogen (secondary N) is 1. The van der Waals surface area contributed by atoms with Crippen LogP contribution in [0.1, 0.15) is 40.0 Å². The third kappa shape index (κ3) is 5.22. The monoisotopic (exact) mass is 258 g/mol. The number of hydrogen-bond acceptors (Lipinski definition) is 4. The molecule has 0 aromatic heterocycles. The maximum absolute atomic E-state index is 9.61.